The minimum atomic E-state index is 0.0393. The van der Waals surface area contributed by atoms with Crippen LogP contribution in [0.3, 0.4) is 0 Å². The van der Waals surface area contributed by atoms with Crippen molar-refractivity contribution in [2.45, 2.75) is 60.8 Å². The Kier molecular flexibility index (Phi) is 6.03. The molecule has 0 unspecified atom stereocenters. The molecule has 0 saturated heterocycles. The van der Waals surface area contributed by atoms with Gasteiger partial charge in [0.1, 0.15) is 0 Å². The number of allylic oxidation sites excluding steroid dienone is 2. The van der Waals surface area contributed by atoms with Crippen molar-refractivity contribution in [2.75, 3.05) is 0 Å². The van der Waals surface area contributed by atoms with Crippen LogP contribution in [0, 0.1) is 33.1 Å². The summed E-state index contributed by atoms with van der Waals surface area (Å²) in [6.07, 6.45) is 8.23. The fourth-order valence-corrected chi connectivity index (χ4v) is 6.87. The molecule has 38 heavy (non-hydrogen) atoms. The minimum absolute atomic E-state index is 0.0393. The lowest BCUT2D eigenvalue weighted by Gasteiger charge is -2.32. The van der Waals surface area contributed by atoms with Gasteiger partial charge in [0.15, 0.2) is 0 Å². The van der Waals surface area contributed by atoms with Gasteiger partial charge in [-0.1, -0.05) is 132 Å². The first-order valence-electron chi connectivity index (χ1n) is 14.1. The molecule has 0 spiro atoms. The third kappa shape index (κ3) is 4.17. The van der Waals surface area contributed by atoms with E-state index < -0.39 is 0 Å². The quantitative estimate of drug-likeness (QED) is 0.259. The molecule has 0 N–H and O–H groups in total. The molecular weight excluding hydrogens is 456 g/mol. The zero-order chi connectivity index (χ0) is 26.6. The normalized spacial score (nSPS) is 14.3. The van der Waals surface area contributed by atoms with Crippen molar-refractivity contribution in [1.82, 2.24) is 0 Å². The molecule has 0 atom stereocenters. The van der Waals surface area contributed by atoms with Crippen LogP contribution in [0.15, 0.2) is 83.9 Å². The monoisotopic (exact) mass is 494 g/mol. The predicted molar refractivity (Wildman–Crippen MR) is 164 cm³/mol. The Balaban J connectivity index is 1.41. The standard InChI is InChI=1S/C38H38/c1-7-38(6,32-20-28-10-8-12-34(36(28)22-32)30-16-24(2)14-25(3)17-30)33-21-29-11-9-13-35(37(29)23-33)31-18-26(4)15-27(5)19-31/h8-19,22-23H,7,20-21H2,1-6H3. The molecule has 0 heterocycles. The number of rotatable bonds is 5. The maximum absolute atomic E-state index is 2.53. The molecule has 190 valence electrons. The van der Waals surface area contributed by atoms with Crippen molar-refractivity contribution in [1.29, 1.82) is 0 Å². The highest BCUT2D eigenvalue weighted by Crippen LogP contribution is 2.50. The van der Waals surface area contributed by atoms with Gasteiger partial charge in [-0.15, -0.1) is 0 Å². The summed E-state index contributed by atoms with van der Waals surface area (Å²) in [6.45, 7) is 13.6. The van der Waals surface area contributed by atoms with E-state index in [1.165, 1.54) is 66.8 Å². The smallest absolute Gasteiger partial charge is 0.0103 e. The van der Waals surface area contributed by atoms with Crippen molar-refractivity contribution in [3.8, 4) is 22.3 Å². The number of aryl methyl sites for hydroxylation is 4. The molecule has 0 aromatic heterocycles. The molecule has 0 fully saturated rings. The Labute approximate surface area is 228 Å². The molecule has 0 aliphatic heterocycles. The van der Waals surface area contributed by atoms with E-state index in [2.05, 4.69) is 126 Å². The number of hydrogen-bond donors (Lipinski definition) is 0. The van der Waals surface area contributed by atoms with Crippen LogP contribution >= 0.6 is 0 Å². The summed E-state index contributed by atoms with van der Waals surface area (Å²) in [6, 6.07) is 27.6. The highest BCUT2D eigenvalue weighted by molar-refractivity contribution is 5.85. The van der Waals surface area contributed by atoms with Gasteiger partial charge >= 0.3 is 0 Å². The zero-order valence-corrected chi connectivity index (χ0v) is 23.7. The first-order valence-corrected chi connectivity index (χ1v) is 14.1. The summed E-state index contributed by atoms with van der Waals surface area (Å²) >= 11 is 0. The fraction of sp³-hybridized carbons (Fsp3) is 0.263. The summed E-state index contributed by atoms with van der Waals surface area (Å²) in [5.41, 5.74) is 19.6. The predicted octanol–water partition coefficient (Wildman–Crippen LogP) is 10.2. The summed E-state index contributed by atoms with van der Waals surface area (Å²) in [4.78, 5) is 0. The third-order valence-electron chi connectivity index (χ3n) is 8.98. The van der Waals surface area contributed by atoms with Gasteiger partial charge in [-0.2, -0.15) is 0 Å². The van der Waals surface area contributed by atoms with Crippen LogP contribution in [-0.4, -0.2) is 0 Å². The second kappa shape index (κ2) is 9.28. The van der Waals surface area contributed by atoms with Crippen LogP contribution in [0.25, 0.3) is 34.4 Å². The van der Waals surface area contributed by atoms with E-state index in [1.807, 2.05) is 0 Å². The van der Waals surface area contributed by atoms with E-state index >= 15 is 0 Å². The fourth-order valence-electron chi connectivity index (χ4n) is 6.87. The maximum atomic E-state index is 2.53. The first-order chi connectivity index (χ1) is 18.2. The molecular formula is C38H38. The van der Waals surface area contributed by atoms with Crippen LogP contribution in [0.4, 0.5) is 0 Å². The van der Waals surface area contributed by atoms with Crippen LogP contribution in [0.5, 0.6) is 0 Å². The maximum Gasteiger partial charge on any atom is 0.0103 e. The van der Waals surface area contributed by atoms with E-state index in [0.29, 0.717) is 0 Å². The second-order valence-electron chi connectivity index (χ2n) is 11.9. The lowest BCUT2D eigenvalue weighted by Crippen LogP contribution is -2.21. The zero-order valence-electron chi connectivity index (χ0n) is 23.7. The van der Waals surface area contributed by atoms with Crippen LogP contribution in [-0.2, 0) is 12.8 Å². The Morgan fingerprint density at radius 3 is 1.34 bits per heavy atom. The van der Waals surface area contributed by atoms with Crippen molar-refractivity contribution >= 4 is 12.2 Å². The summed E-state index contributed by atoms with van der Waals surface area (Å²) < 4.78 is 0. The molecule has 0 bridgehead atoms. The van der Waals surface area contributed by atoms with Gasteiger partial charge in [-0.3, -0.25) is 0 Å². The SMILES string of the molecule is CCC(C)(C1=Cc2c(cccc2-c2cc(C)cc(C)c2)C1)C1=Cc2c(cccc2-c2cc(C)cc(C)c2)C1. The van der Waals surface area contributed by atoms with Crippen molar-refractivity contribution in [3.05, 3.63) is 128 Å². The van der Waals surface area contributed by atoms with E-state index in [1.54, 1.807) is 11.1 Å². The van der Waals surface area contributed by atoms with Gasteiger partial charge in [-0.05, 0) is 91.5 Å². The summed E-state index contributed by atoms with van der Waals surface area (Å²) in [5.74, 6) is 0. The van der Waals surface area contributed by atoms with E-state index in [9.17, 15) is 0 Å². The van der Waals surface area contributed by atoms with Gasteiger partial charge in [0, 0.05) is 5.41 Å². The highest BCUT2D eigenvalue weighted by atomic mass is 14.4. The van der Waals surface area contributed by atoms with E-state index in [-0.39, 0.29) is 5.41 Å². The Bertz CT molecular complexity index is 1480. The highest BCUT2D eigenvalue weighted by Gasteiger charge is 2.36. The van der Waals surface area contributed by atoms with Gasteiger partial charge in [0.05, 0.1) is 0 Å². The number of fused-ring (bicyclic) bond motifs is 2. The molecule has 0 amide bonds. The number of hydrogen-bond acceptors (Lipinski definition) is 0. The average molecular weight is 495 g/mol. The van der Waals surface area contributed by atoms with E-state index in [4.69, 9.17) is 0 Å². The second-order valence-corrected chi connectivity index (χ2v) is 11.9. The topological polar surface area (TPSA) is 0 Å². The molecule has 0 nitrogen and oxygen atoms in total. The summed E-state index contributed by atoms with van der Waals surface area (Å²) in [5, 5.41) is 0. The lowest BCUT2D eigenvalue weighted by atomic mass is 9.72. The Morgan fingerprint density at radius 1 is 0.579 bits per heavy atom. The van der Waals surface area contributed by atoms with Gasteiger partial charge < -0.3 is 0 Å². The van der Waals surface area contributed by atoms with Crippen LogP contribution in [0.2, 0.25) is 0 Å². The first kappa shape index (κ1) is 24.7. The third-order valence-corrected chi connectivity index (χ3v) is 8.98. The molecule has 2 aliphatic carbocycles. The van der Waals surface area contributed by atoms with Gasteiger partial charge in [0.2, 0.25) is 0 Å². The van der Waals surface area contributed by atoms with Gasteiger partial charge in [-0.25, -0.2) is 0 Å². The molecule has 4 aromatic rings. The molecule has 0 saturated carbocycles. The van der Waals surface area contributed by atoms with Crippen molar-refractivity contribution in [2.24, 2.45) is 5.41 Å². The largest absolute Gasteiger partial charge is 0.0642 e. The molecule has 4 aromatic carbocycles. The van der Waals surface area contributed by atoms with Gasteiger partial charge in [0.25, 0.3) is 0 Å². The summed E-state index contributed by atoms with van der Waals surface area (Å²) in [7, 11) is 0. The van der Waals surface area contributed by atoms with Crippen LogP contribution in [0.1, 0.15) is 64.8 Å². The Hall–Kier alpha value is -3.64. The van der Waals surface area contributed by atoms with Crippen molar-refractivity contribution < 1.29 is 0 Å². The van der Waals surface area contributed by atoms with Crippen molar-refractivity contribution in [3.63, 3.8) is 0 Å². The Morgan fingerprint density at radius 2 is 0.974 bits per heavy atom. The van der Waals surface area contributed by atoms with Crippen LogP contribution < -0.4 is 0 Å². The van der Waals surface area contributed by atoms with E-state index in [0.717, 1.165) is 19.3 Å². The lowest BCUT2D eigenvalue weighted by molar-refractivity contribution is 0.452. The molecule has 0 radical (unpaired) electrons. The molecule has 2 aliphatic rings. The minimum Gasteiger partial charge on any atom is -0.0642 e. The molecule has 0 heteroatoms. The molecule has 6 rings (SSSR count). The average Bonchev–Trinajstić information content (AvgIpc) is 3.52. The number of benzene rings is 4.